The molecule has 1 rings (SSSR count). The van der Waals surface area contributed by atoms with Crippen LogP contribution in [0.15, 0.2) is 16.6 Å². The molecule has 1 aromatic rings. The smallest absolute Gasteiger partial charge is 0.327 e. The number of halogens is 2. The standard InChI is InChI=1S/C10H10BrClN2O4/c1-5(10(15)18-2)13-7-4-3-6(11)8(12)9(7)14(16)17/h3-5,13H,1-2H3. The van der Waals surface area contributed by atoms with Crippen LogP contribution in [-0.2, 0) is 9.53 Å². The molecule has 18 heavy (non-hydrogen) atoms. The number of nitrogens with zero attached hydrogens (tertiary/aromatic N) is 1. The number of hydrogen-bond donors (Lipinski definition) is 1. The number of carbonyl (C=O) groups excluding carboxylic acids is 1. The summed E-state index contributed by atoms with van der Waals surface area (Å²) in [6.45, 7) is 1.53. The number of nitro groups is 1. The van der Waals surface area contributed by atoms with Gasteiger partial charge < -0.3 is 10.1 Å². The van der Waals surface area contributed by atoms with Gasteiger partial charge >= 0.3 is 11.7 Å². The van der Waals surface area contributed by atoms with Crippen molar-refractivity contribution in [2.75, 3.05) is 12.4 Å². The van der Waals surface area contributed by atoms with E-state index in [4.69, 9.17) is 11.6 Å². The SMILES string of the molecule is COC(=O)C(C)Nc1ccc(Br)c(Cl)c1[N+](=O)[O-]. The van der Waals surface area contributed by atoms with Crippen LogP contribution in [0.25, 0.3) is 0 Å². The number of benzene rings is 1. The van der Waals surface area contributed by atoms with Crippen molar-refractivity contribution < 1.29 is 14.5 Å². The lowest BCUT2D eigenvalue weighted by atomic mass is 10.2. The van der Waals surface area contributed by atoms with E-state index in [9.17, 15) is 14.9 Å². The molecule has 0 amide bonds. The van der Waals surface area contributed by atoms with Gasteiger partial charge in [0.15, 0.2) is 0 Å². The largest absolute Gasteiger partial charge is 0.467 e. The molecule has 6 nitrogen and oxygen atoms in total. The predicted octanol–water partition coefficient (Wildman–Crippen LogP) is 2.98. The molecule has 0 spiro atoms. The zero-order valence-electron chi connectivity index (χ0n) is 9.57. The monoisotopic (exact) mass is 336 g/mol. The first-order valence-corrected chi connectivity index (χ1v) is 6.02. The molecule has 0 aliphatic heterocycles. The van der Waals surface area contributed by atoms with Crippen LogP contribution in [0.4, 0.5) is 11.4 Å². The first-order chi connectivity index (χ1) is 8.38. The summed E-state index contributed by atoms with van der Waals surface area (Å²) in [6, 6.07) is 2.31. The molecule has 1 N–H and O–H groups in total. The van der Waals surface area contributed by atoms with Crippen molar-refractivity contribution in [3.8, 4) is 0 Å². The van der Waals surface area contributed by atoms with E-state index in [1.54, 1.807) is 6.07 Å². The number of nitrogens with one attached hydrogen (secondary N) is 1. The predicted molar refractivity (Wildman–Crippen MR) is 70.9 cm³/mol. The molecule has 1 aromatic carbocycles. The van der Waals surface area contributed by atoms with Crippen LogP contribution in [-0.4, -0.2) is 24.0 Å². The van der Waals surface area contributed by atoms with E-state index < -0.39 is 16.9 Å². The van der Waals surface area contributed by atoms with Gasteiger partial charge in [-0.15, -0.1) is 0 Å². The molecule has 0 heterocycles. The molecule has 0 fully saturated rings. The molecule has 1 atom stereocenters. The van der Waals surface area contributed by atoms with Crippen molar-refractivity contribution in [3.05, 3.63) is 31.7 Å². The van der Waals surface area contributed by atoms with Gasteiger partial charge in [0, 0.05) is 4.47 Å². The zero-order valence-corrected chi connectivity index (χ0v) is 11.9. The molecule has 0 saturated carbocycles. The van der Waals surface area contributed by atoms with Crippen LogP contribution in [0, 0.1) is 10.1 Å². The number of ether oxygens (including phenoxy) is 1. The van der Waals surface area contributed by atoms with Crippen LogP contribution in [0.2, 0.25) is 5.02 Å². The topological polar surface area (TPSA) is 81.5 Å². The quantitative estimate of drug-likeness (QED) is 0.519. The molecule has 0 aromatic heterocycles. The fourth-order valence-electron chi connectivity index (χ4n) is 1.30. The summed E-state index contributed by atoms with van der Waals surface area (Å²) in [7, 11) is 1.24. The van der Waals surface area contributed by atoms with Gasteiger partial charge in [0.05, 0.1) is 12.0 Å². The van der Waals surface area contributed by atoms with Gasteiger partial charge in [-0.05, 0) is 35.0 Å². The second-order valence-corrected chi connectivity index (χ2v) is 4.64. The van der Waals surface area contributed by atoms with E-state index in [-0.39, 0.29) is 16.4 Å². The van der Waals surface area contributed by atoms with Crippen molar-refractivity contribution in [2.45, 2.75) is 13.0 Å². The minimum atomic E-state index is -0.717. The zero-order chi connectivity index (χ0) is 13.9. The Labute approximate surface area is 117 Å². The third kappa shape index (κ3) is 3.11. The van der Waals surface area contributed by atoms with Crippen LogP contribution >= 0.6 is 27.5 Å². The van der Waals surface area contributed by atoms with Crippen molar-refractivity contribution in [2.24, 2.45) is 0 Å². The molecular weight excluding hydrogens is 327 g/mol. The Bertz CT molecular complexity index is 495. The molecule has 1 unspecified atom stereocenters. The van der Waals surface area contributed by atoms with Crippen molar-refractivity contribution in [1.82, 2.24) is 0 Å². The number of hydrogen-bond acceptors (Lipinski definition) is 5. The van der Waals surface area contributed by atoms with Gasteiger partial charge in [-0.25, -0.2) is 4.79 Å². The Morgan fingerprint density at radius 3 is 2.72 bits per heavy atom. The third-order valence-corrected chi connectivity index (χ3v) is 3.45. The lowest BCUT2D eigenvalue weighted by molar-refractivity contribution is -0.383. The summed E-state index contributed by atoms with van der Waals surface area (Å²) in [5.74, 6) is -0.525. The lowest BCUT2D eigenvalue weighted by Crippen LogP contribution is -2.27. The first kappa shape index (κ1) is 14.7. The molecule has 0 radical (unpaired) electrons. The van der Waals surface area contributed by atoms with E-state index in [1.807, 2.05) is 0 Å². The van der Waals surface area contributed by atoms with Gasteiger partial charge in [-0.2, -0.15) is 0 Å². The van der Waals surface area contributed by atoms with Crippen LogP contribution in [0.3, 0.4) is 0 Å². The maximum atomic E-state index is 11.3. The van der Waals surface area contributed by atoms with E-state index in [0.717, 1.165) is 0 Å². The lowest BCUT2D eigenvalue weighted by Gasteiger charge is -2.13. The maximum absolute atomic E-state index is 11.3. The molecule has 98 valence electrons. The second kappa shape index (κ2) is 6.01. The summed E-state index contributed by atoms with van der Waals surface area (Å²) in [5, 5.41) is 13.6. The summed E-state index contributed by atoms with van der Waals surface area (Å²) >= 11 is 8.95. The highest BCUT2D eigenvalue weighted by Gasteiger charge is 2.24. The van der Waals surface area contributed by atoms with E-state index >= 15 is 0 Å². The molecule has 0 bridgehead atoms. The summed E-state index contributed by atoms with van der Waals surface area (Å²) in [4.78, 5) is 21.6. The summed E-state index contributed by atoms with van der Waals surface area (Å²) in [5.41, 5.74) is -0.132. The Hall–Kier alpha value is -1.34. The van der Waals surface area contributed by atoms with Crippen LogP contribution in [0.1, 0.15) is 6.92 Å². The Morgan fingerprint density at radius 1 is 1.61 bits per heavy atom. The fourth-order valence-corrected chi connectivity index (χ4v) is 1.86. The Balaban J connectivity index is 3.13. The highest BCUT2D eigenvalue weighted by Crippen LogP contribution is 2.38. The minimum absolute atomic E-state index is 0.0259. The number of esters is 1. The summed E-state index contributed by atoms with van der Waals surface area (Å²) in [6.07, 6.45) is 0. The highest BCUT2D eigenvalue weighted by atomic mass is 79.9. The highest BCUT2D eigenvalue weighted by molar-refractivity contribution is 9.10. The molecule has 0 saturated heterocycles. The van der Waals surface area contributed by atoms with E-state index in [1.165, 1.54) is 20.1 Å². The first-order valence-electron chi connectivity index (χ1n) is 4.85. The molecule has 0 aliphatic carbocycles. The average molecular weight is 338 g/mol. The Morgan fingerprint density at radius 2 is 2.22 bits per heavy atom. The van der Waals surface area contributed by atoms with Gasteiger partial charge in [-0.1, -0.05) is 11.6 Å². The normalized spacial score (nSPS) is 11.8. The average Bonchev–Trinajstić information content (AvgIpc) is 2.32. The van der Waals surface area contributed by atoms with E-state index in [2.05, 4.69) is 26.0 Å². The van der Waals surface area contributed by atoms with Crippen molar-refractivity contribution in [1.29, 1.82) is 0 Å². The van der Waals surface area contributed by atoms with Gasteiger partial charge in [-0.3, -0.25) is 10.1 Å². The molecule has 8 heteroatoms. The summed E-state index contributed by atoms with van der Waals surface area (Å²) < 4.78 is 4.93. The van der Waals surface area contributed by atoms with Crippen LogP contribution < -0.4 is 5.32 Å². The van der Waals surface area contributed by atoms with Crippen molar-refractivity contribution >= 4 is 44.9 Å². The number of anilines is 1. The number of methoxy groups -OCH3 is 1. The fraction of sp³-hybridized carbons (Fsp3) is 0.300. The van der Waals surface area contributed by atoms with Gasteiger partial charge in [0.25, 0.3) is 0 Å². The van der Waals surface area contributed by atoms with Crippen molar-refractivity contribution in [3.63, 3.8) is 0 Å². The number of rotatable bonds is 4. The third-order valence-electron chi connectivity index (χ3n) is 2.18. The van der Waals surface area contributed by atoms with Crippen LogP contribution in [0.5, 0.6) is 0 Å². The number of nitro benzene ring substituents is 1. The van der Waals surface area contributed by atoms with Gasteiger partial charge in [0.1, 0.15) is 16.8 Å². The minimum Gasteiger partial charge on any atom is -0.467 e. The molecule has 0 aliphatic rings. The van der Waals surface area contributed by atoms with Gasteiger partial charge in [0.2, 0.25) is 0 Å². The Kier molecular flexibility index (Phi) is 4.92. The second-order valence-electron chi connectivity index (χ2n) is 3.40. The molecular formula is C10H10BrClN2O4. The van der Waals surface area contributed by atoms with E-state index in [0.29, 0.717) is 4.47 Å². The number of carbonyl (C=O) groups is 1. The maximum Gasteiger partial charge on any atom is 0.327 e.